The SMILES string of the molecule is CCc1ccccc1N(CC(=O)Nc1ccccc1C#N)C(C)=O. The van der Waals surface area contributed by atoms with Crippen molar-refractivity contribution in [2.24, 2.45) is 0 Å². The van der Waals surface area contributed by atoms with Crippen LogP contribution in [-0.2, 0) is 16.0 Å². The van der Waals surface area contributed by atoms with Crippen LogP contribution >= 0.6 is 0 Å². The van der Waals surface area contributed by atoms with Crippen LogP contribution in [0.25, 0.3) is 0 Å². The summed E-state index contributed by atoms with van der Waals surface area (Å²) >= 11 is 0. The van der Waals surface area contributed by atoms with Crippen molar-refractivity contribution in [1.82, 2.24) is 0 Å². The number of hydrogen-bond acceptors (Lipinski definition) is 3. The summed E-state index contributed by atoms with van der Waals surface area (Å²) in [6.45, 7) is 3.33. The molecule has 0 heterocycles. The number of hydrogen-bond donors (Lipinski definition) is 1. The van der Waals surface area contributed by atoms with Crippen LogP contribution in [0.5, 0.6) is 0 Å². The summed E-state index contributed by atoms with van der Waals surface area (Å²) in [5, 5.41) is 11.8. The largest absolute Gasteiger partial charge is 0.323 e. The standard InChI is InChI=1S/C19H19N3O2/c1-3-15-8-5-7-11-18(15)22(14(2)23)13-19(24)21-17-10-6-4-9-16(17)12-20/h4-11H,3,13H2,1-2H3,(H,21,24). The van der Waals surface area contributed by atoms with E-state index in [9.17, 15) is 9.59 Å². The highest BCUT2D eigenvalue weighted by molar-refractivity contribution is 6.02. The Morgan fingerprint density at radius 3 is 2.46 bits per heavy atom. The summed E-state index contributed by atoms with van der Waals surface area (Å²) in [5.41, 5.74) is 2.56. The van der Waals surface area contributed by atoms with E-state index in [1.807, 2.05) is 37.3 Å². The molecule has 5 nitrogen and oxygen atoms in total. The summed E-state index contributed by atoms with van der Waals surface area (Å²) in [7, 11) is 0. The van der Waals surface area contributed by atoms with Crippen LogP contribution in [0.4, 0.5) is 11.4 Å². The zero-order valence-electron chi connectivity index (χ0n) is 13.7. The maximum Gasteiger partial charge on any atom is 0.244 e. The highest BCUT2D eigenvalue weighted by atomic mass is 16.2. The third-order valence-electron chi connectivity index (χ3n) is 3.67. The molecule has 0 saturated heterocycles. The molecule has 0 aromatic heterocycles. The molecule has 0 unspecified atom stereocenters. The molecule has 0 atom stereocenters. The minimum Gasteiger partial charge on any atom is -0.323 e. The van der Waals surface area contributed by atoms with Crippen molar-refractivity contribution in [3.63, 3.8) is 0 Å². The normalized spacial score (nSPS) is 9.88. The van der Waals surface area contributed by atoms with Crippen molar-refractivity contribution >= 4 is 23.2 Å². The van der Waals surface area contributed by atoms with Crippen molar-refractivity contribution in [2.45, 2.75) is 20.3 Å². The van der Waals surface area contributed by atoms with Gasteiger partial charge < -0.3 is 10.2 Å². The van der Waals surface area contributed by atoms with Crippen LogP contribution in [0, 0.1) is 11.3 Å². The van der Waals surface area contributed by atoms with Crippen LogP contribution in [0.1, 0.15) is 25.0 Å². The quantitative estimate of drug-likeness (QED) is 0.919. The molecule has 0 bridgehead atoms. The van der Waals surface area contributed by atoms with Crippen LogP contribution in [0.3, 0.4) is 0 Å². The smallest absolute Gasteiger partial charge is 0.244 e. The van der Waals surface area contributed by atoms with Gasteiger partial charge in [0.1, 0.15) is 12.6 Å². The molecule has 0 aliphatic carbocycles. The van der Waals surface area contributed by atoms with Crippen LogP contribution in [0.2, 0.25) is 0 Å². The lowest BCUT2D eigenvalue weighted by Crippen LogP contribution is -2.37. The summed E-state index contributed by atoms with van der Waals surface area (Å²) in [4.78, 5) is 25.8. The molecule has 2 amide bonds. The van der Waals surface area contributed by atoms with E-state index in [2.05, 4.69) is 5.32 Å². The average Bonchev–Trinajstić information content (AvgIpc) is 2.60. The number of benzene rings is 2. The molecule has 0 radical (unpaired) electrons. The minimum atomic E-state index is -0.348. The first-order valence-electron chi connectivity index (χ1n) is 7.71. The van der Waals surface area contributed by atoms with E-state index in [4.69, 9.17) is 5.26 Å². The molecule has 0 fully saturated rings. The molecule has 122 valence electrons. The van der Waals surface area contributed by atoms with Crippen molar-refractivity contribution in [3.05, 3.63) is 59.7 Å². The predicted molar refractivity (Wildman–Crippen MR) is 93.6 cm³/mol. The van der Waals surface area contributed by atoms with Gasteiger partial charge in [0.2, 0.25) is 11.8 Å². The summed E-state index contributed by atoms with van der Waals surface area (Å²) in [6.07, 6.45) is 0.763. The number of rotatable bonds is 5. The topological polar surface area (TPSA) is 73.2 Å². The van der Waals surface area contributed by atoms with Gasteiger partial charge in [-0.3, -0.25) is 9.59 Å². The van der Waals surface area contributed by atoms with Crippen LogP contribution in [0.15, 0.2) is 48.5 Å². The van der Waals surface area contributed by atoms with Gasteiger partial charge in [-0.1, -0.05) is 37.3 Å². The summed E-state index contributed by atoms with van der Waals surface area (Å²) in [6, 6.07) is 16.3. The highest BCUT2D eigenvalue weighted by Crippen LogP contribution is 2.21. The number of anilines is 2. The molecule has 5 heteroatoms. The number of carbonyl (C=O) groups excluding carboxylic acids is 2. The molecule has 0 aliphatic heterocycles. The number of carbonyl (C=O) groups is 2. The van der Waals surface area contributed by atoms with E-state index in [0.717, 1.165) is 17.7 Å². The molecular formula is C19H19N3O2. The van der Waals surface area contributed by atoms with Gasteiger partial charge in [0.15, 0.2) is 0 Å². The van der Waals surface area contributed by atoms with E-state index in [1.165, 1.54) is 11.8 Å². The van der Waals surface area contributed by atoms with E-state index >= 15 is 0 Å². The third kappa shape index (κ3) is 3.99. The van der Waals surface area contributed by atoms with Gasteiger partial charge in [0.05, 0.1) is 11.3 Å². The minimum absolute atomic E-state index is 0.105. The Labute approximate surface area is 141 Å². The first-order chi connectivity index (χ1) is 11.6. The van der Waals surface area contributed by atoms with Gasteiger partial charge in [-0.2, -0.15) is 5.26 Å². The van der Waals surface area contributed by atoms with Gasteiger partial charge in [-0.05, 0) is 30.2 Å². The fourth-order valence-electron chi connectivity index (χ4n) is 2.46. The molecule has 1 N–H and O–H groups in total. The molecule has 0 saturated carbocycles. The number of para-hydroxylation sites is 2. The molecule has 2 aromatic rings. The lowest BCUT2D eigenvalue weighted by Gasteiger charge is -2.23. The molecule has 0 aliphatic rings. The Morgan fingerprint density at radius 2 is 1.79 bits per heavy atom. The zero-order chi connectivity index (χ0) is 17.5. The number of nitriles is 1. The Kier molecular flexibility index (Phi) is 5.69. The average molecular weight is 321 g/mol. The first kappa shape index (κ1) is 17.2. The Bertz CT molecular complexity index is 793. The Morgan fingerprint density at radius 1 is 1.12 bits per heavy atom. The zero-order valence-corrected chi connectivity index (χ0v) is 13.7. The summed E-state index contributed by atoms with van der Waals surface area (Å²) < 4.78 is 0. The van der Waals surface area contributed by atoms with E-state index in [-0.39, 0.29) is 18.4 Å². The number of amides is 2. The fourth-order valence-corrected chi connectivity index (χ4v) is 2.46. The van der Waals surface area contributed by atoms with Gasteiger partial charge >= 0.3 is 0 Å². The molecule has 0 spiro atoms. The molecular weight excluding hydrogens is 302 g/mol. The second-order valence-corrected chi connectivity index (χ2v) is 5.29. The monoisotopic (exact) mass is 321 g/mol. The van der Waals surface area contributed by atoms with Crippen molar-refractivity contribution < 1.29 is 9.59 Å². The lowest BCUT2D eigenvalue weighted by atomic mass is 10.1. The first-order valence-corrected chi connectivity index (χ1v) is 7.71. The van der Waals surface area contributed by atoms with Gasteiger partial charge in [0, 0.05) is 12.6 Å². The Hall–Kier alpha value is -3.13. The van der Waals surface area contributed by atoms with Gasteiger partial charge in [-0.15, -0.1) is 0 Å². The maximum atomic E-state index is 12.4. The van der Waals surface area contributed by atoms with Crippen molar-refractivity contribution in [3.8, 4) is 6.07 Å². The molecule has 24 heavy (non-hydrogen) atoms. The lowest BCUT2D eigenvalue weighted by molar-refractivity contribution is -0.120. The second kappa shape index (κ2) is 7.93. The van der Waals surface area contributed by atoms with Crippen molar-refractivity contribution in [2.75, 3.05) is 16.8 Å². The summed E-state index contributed by atoms with van der Waals surface area (Å²) in [5.74, 6) is -0.557. The van der Waals surface area contributed by atoms with Crippen LogP contribution < -0.4 is 10.2 Å². The van der Waals surface area contributed by atoms with Gasteiger partial charge in [0.25, 0.3) is 0 Å². The number of aryl methyl sites for hydroxylation is 1. The molecule has 2 rings (SSSR count). The van der Waals surface area contributed by atoms with Crippen LogP contribution in [-0.4, -0.2) is 18.4 Å². The van der Waals surface area contributed by atoms with E-state index in [1.54, 1.807) is 24.3 Å². The third-order valence-corrected chi connectivity index (χ3v) is 3.67. The maximum absolute atomic E-state index is 12.4. The van der Waals surface area contributed by atoms with E-state index < -0.39 is 0 Å². The van der Waals surface area contributed by atoms with Gasteiger partial charge in [-0.25, -0.2) is 0 Å². The number of nitrogens with zero attached hydrogens (tertiary/aromatic N) is 2. The molecule has 2 aromatic carbocycles. The highest BCUT2D eigenvalue weighted by Gasteiger charge is 2.18. The van der Waals surface area contributed by atoms with E-state index in [0.29, 0.717) is 11.3 Å². The fraction of sp³-hybridized carbons (Fsp3) is 0.211. The second-order valence-electron chi connectivity index (χ2n) is 5.29. The van der Waals surface area contributed by atoms with Crippen molar-refractivity contribution in [1.29, 1.82) is 5.26 Å². The Balaban J connectivity index is 2.21. The number of nitrogens with one attached hydrogen (secondary N) is 1. The predicted octanol–water partition coefficient (Wildman–Crippen LogP) is 3.11.